The number of rotatable bonds is 4. The normalized spacial score (nSPS) is 10.9. The number of aromatic carboxylic acids is 1. The van der Waals surface area contributed by atoms with Gasteiger partial charge in [0.15, 0.2) is 4.96 Å². The Bertz CT molecular complexity index is 1210. The number of fused-ring (bicyclic) bond motifs is 1. The van der Waals surface area contributed by atoms with Gasteiger partial charge in [-0.05, 0) is 25.1 Å². The molecule has 0 spiro atoms. The molecule has 0 atom stereocenters. The second kappa shape index (κ2) is 7.10. The summed E-state index contributed by atoms with van der Waals surface area (Å²) in [7, 11) is 0. The number of carboxylic acids is 1. The lowest BCUT2D eigenvalue weighted by molar-refractivity contribution is 0.0696. The summed E-state index contributed by atoms with van der Waals surface area (Å²) in [5.41, 5.74) is 2.91. The highest BCUT2D eigenvalue weighted by molar-refractivity contribution is 7.19. The van der Waals surface area contributed by atoms with E-state index in [0.29, 0.717) is 15.5 Å². The van der Waals surface area contributed by atoms with Crippen LogP contribution in [0, 0.1) is 6.92 Å². The van der Waals surface area contributed by atoms with Gasteiger partial charge in [-0.2, -0.15) is 0 Å². The van der Waals surface area contributed by atoms with E-state index in [0.717, 1.165) is 17.0 Å². The number of benzene rings is 2. The Morgan fingerprint density at radius 3 is 2.61 bits per heavy atom. The van der Waals surface area contributed by atoms with Crippen molar-refractivity contribution in [3.05, 3.63) is 75.9 Å². The lowest BCUT2D eigenvalue weighted by atomic mass is 10.2. The molecule has 0 aliphatic rings. The van der Waals surface area contributed by atoms with Gasteiger partial charge in [-0.1, -0.05) is 53.3 Å². The van der Waals surface area contributed by atoms with Crippen LogP contribution in [-0.2, 0) is 0 Å². The van der Waals surface area contributed by atoms with Crippen LogP contribution in [0.5, 0.6) is 0 Å². The molecule has 2 N–H and O–H groups in total. The monoisotopic (exact) mass is 411 g/mol. The Labute approximate surface area is 169 Å². The molecule has 0 aliphatic carbocycles. The molecule has 0 saturated carbocycles. The van der Waals surface area contributed by atoms with Crippen molar-refractivity contribution in [3.8, 4) is 11.3 Å². The number of aromatic nitrogens is 2. The van der Waals surface area contributed by atoms with E-state index >= 15 is 0 Å². The Kier molecular flexibility index (Phi) is 4.62. The van der Waals surface area contributed by atoms with Crippen LogP contribution in [0.25, 0.3) is 16.2 Å². The zero-order chi connectivity index (χ0) is 19.8. The number of carbonyl (C=O) groups is 2. The van der Waals surface area contributed by atoms with Gasteiger partial charge in [-0.25, -0.2) is 9.78 Å². The number of nitrogens with one attached hydrogen (secondary N) is 1. The third-order valence-corrected chi connectivity index (χ3v) is 5.77. The van der Waals surface area contributed by atoms with Crippen molar-refractivity contribution in [2.24, 2.45) is 0 Å². The van der Waals surface area contributed by atoms with E-state index in [4.69, 9.17) is 16.7 Å². The predicted octanol–water partition coefficient (Wildman–Crippen LogP) is 4.98. The third-order valence-electron chi connectivity index (χ3n) is 4.29. The van der Waals surface area contributed by atoms with Gasteiger partial charge in [0, 0.05) is 23.1 Å². The lowest BCUT2D eigenvalue weighted by Crippen LogP contribution is -2.12. The van der Waals surface area contributed by atoms with E-state index in [9.17, 15) is 9.59 Å². The molecule has 8 heteroatoms. The van der Waals surface area contributed by atoms with Gasteiger partial charge in [0.2, 0.25) is 0 Å². The number of amides is 1. The van der Waals surface area contributed by atoms with E-state index in [1.165, 1.54) is 23.5 Å². The summed E-state index contributed by atoms with van der Waals surface area (Å²) in [4.78, 5) is 29.7. The average Bonchev–Trinajstić information content (AvgIpc) is 3.23. The first-order valence-electron chi connectivity index (χ1n) is 8.32. The van der Waals surface area contributed by atoms with Crippen molar-refractivity contribution >= 4 is 45.5 Å². The second-order valence-corrected chi connectivity index (χ2v) is 7.50. The van der Waals surface area contributed by atoms with E-state index < -0.39 is 5.97 Å². The van der Waals surface area contributed by atoms with Gasteiger partial charge in [-0.15, -0.1) is 0 Å². The van der Waals surface area contributed by atoms with Crippen LogP contribution in [0.1, 0.15) is 25.7 Å². The Morgan fingerprint density at radius 2 is 1.93 bits per heavy atom. The highest BCUT2D eigenvalue weighted by Crippen LogP contribution is 2.28. The van der Waals surface area contributed by atoms with Crippen LogP contribution >= 0.6 is 22.9 Å². The summed E-state index contributed by atoms with van der Waals surface area (Å²) in [5.74, 6) is -1.48. The Balaban J connectivity index is 1.63. The molecule has 2 aromatic heterocycles. The predicted molar refractivity (Wildman–Crippen MR) is 110 cm³/mol. The third kappa shape index (κ3) is 3.26. The minimum absolute atomic E-state index is 0.0651. The van der Waals surface area contributed by atoms with E-state index in [1.807, 2.05) is 47.9 Å². The minimum atomic E-state index is -1.15. The van der Waals surface area contributed by atoms with Gasteiger partial charge in [0.05, 0.1) is 16.3 Å². The van der Waals surface area contributed by atoms with Gasteiger partial charge in [0.25, 0.3) is 5.91 Å². The molecule has 0 saturated heterocycles. The molecule has 0 radical (unpaired) electrons. The second-order valence-electron chi connectivity index (χ2n) is 6.12. The van der Waals surface area contributed by atoms with Crippen LogP contribution in [0.2, 0.25) is 5.02 Å². The maximum atomic E-state index is 12.7. The van der Waals surface area contributed by atoms with E-state index in [1.54, 1.807) is 6.07 Å². The zero-order valence-corrected chi connectivity index (χ0v) is 16.2. The van der Waals surface area contributed by atoms with Crippen molar-refractivity contribution < 1.29 is 14.7 Å². The molecule has 28 heavy (non-hydrogen) atoms. The summed E-state index contributed by atoms with van der Waals surface area (Å²) in [5, 5.41) is 12.0. The number of carboxylic acid groups (broad SMARTS) is 1. The molecular weight excluding hydrogens is 398 g/mol. The highest BCUT2D eigenvalue weighted by Gasteiger charge is 2.19. The number of anilines is 1. The molecule has 2 aromatic carbocycles. The maximum Gasteiger partial charge on any atom is 0.337 e. The van der Waals surface area contributed by atoms with Crippen molar-refractivity contribution in [1.82, 2.24) is 9.38 Å². The number of hydrogen-bond donors (Lipinski definition) is 2. The summed E-state index contributed by atoms with van der Waals surface area (Å²) >= 11 is 7.15. The number of aryl methyl sites for hydroxylation is 1. The highest BCUT2D eigenvalue weighted by atomic mass is 35.5. The summed E-state index contributed by atoms with van der Waals surface area (Å²) in [6.45, 7) is 1.85. The topological polar surface area (TPSA) is 83.7 Å². The molecule has 140 valence electrons. The smallest absolute Gasteiger partial charge is 0.337 e. The van der Waals surface area contributed by atoms with Gasteiger partial charge in [-0.3, -0.25) is 9.20 Å². The average molecular weight is 412 g/mol. The molecule has 2 heterocycles. The summed E-state index contributed by atoms with van der Waals surface area (Å²) in [6, 6.07) is 14.2. The quantitative estimate of drug-likeness (QED) is 0.496. The number of imidazole rings is 1. The largest absolute Gasteiger partial charge is 0.478 e. The number of carbonyl (C=O) groups excluding carboxylic acids is 1. The molecule has 6 nitrogen and oxygen atoms in total. The van der Waals surface area contributed by atoms with Crippen molar-refractivity contribution in [2.75, 3.05) is 5.32 Å². The van der Waals surface area contributed by atoms with Gasteiger partial charge in [0.1, 0.15) is 4.88 Å². The molecule has 0 aliphatic heterocycles. The van der Waals surface area contributed by atoms with Gasteiger partial charge >= 0.3 is 5.97 Å². The van der Waals surface area contributed by atoms with Crippen LogP contribution < -0.4 is 5.32 Å². The number of halogens is 1. The molecular formula is C20H14ClN3O3S. The van der Waals surface area contributed by atoms with E-state index in [-0.39, 0.29) is 16.5 Å². The standard InChI is InChI=1S/C20H14ClN3O3S/c1-11-17(18(25)22-13-7-8-15(21)14(9-13)19(26)27)28-20-23-16(10-24(11)20)12-5-3-2-4-6-12/h2-10H,1H3,(H,22,25)(H,26,27). The van der Waals surface area contributed by atoms with E-state index in [2.05, 4.69) is 10.3 Å². The van der Waals surface area contributed by atoms with Crippen LogP contribution in [0.15, 0.2) is 54.7 Å². The van der Waals surface area contributed by atoms with Crippen molar-refractivity contribution in [3.63, 3.8) is 0 Å². The fraction of sp³-hybridized carbons (Fsp3) is 0.0500. The first-order chi connectivity index (χ1) is 13.4. The Morgan fingerprint density at radius 1 is 1.18 bits per heavy atom. The lowest BCUT2D eigenvalue weighted by Gasteiger charge is -2.06. The summed E-state index contributed by atoms with van der Waals surface area (Å²) in [6.07, 6.45) is 1.90. The van der Waals surface area contributed by atoms with Crippen molar-refractivity contribution in [2.45, 2.75) is 6.92 Å². The first kappa shape index (κ1) is 18.2. The molecule has 4 aromatic rings. The number of hydrogen-bond acceptors (Lipinski definition) is 4. The first-order valence-corrected chi connectivity index (χ1v) is 9.51. The fourth-order valence-electron chi connectivity index (χ4n) is 2.86. The molecule has 0 bridgehead atoms. The fourth-order valence-corrected chi connectivity index (χ4v) is 4.07. The SMILES string of the molecule is Cc1c(C(=O)Nc2ccc(Cl)c(C(=O)O)c2)sc2nc(-c3ccccc3)cn12. The Hall–Kier alpha value is -3.16. The molecule has 4 rings (SSSR count). The van der Waals surface area contributed by atoms with Crippen molar-refractivity contribution in [1.29, 1.82) is 0 Å². The minimum Gasteiger partial charge on any atom is -0.478 e. The van der Waals surface area contributed by atoms with Crippen LogP contribution in [0.3, 0.4) is 0 Å². The summed E-state index contributed by atoms with van der Waals surface area (Å²) < 4.78 is 1.88. The zero-order valence-electron chi connectivity index (χ0n) is 14.6. The maximum absolute atomic E-state index is 12.7. The number of thiazole rings is 1. The van der Waals surface area contributed by atoms with Crippen LogP contribution in [0.4, 0.5) is 5.69 Å². The van der Waals surface area contributed by atoms with Crippen LogP contribution in [-0.4, -0.2) is 26.4 Å². The molecule has 0 fully saturated rings. The number of nitrogens with zero attached hydrogens (tertiary/aromatic N) is 2. The molecule has 1 amide bonds. The molecule has 0 unspecified atom stereocenters. The van der Waals surface area contributed by atoms with Gasteiger partial charge < -0.3 is 10.4 Å².